The summed E-state index contributed by atoms with van der Waals surface area (Å²) in [7, 11) is 0. The standard InChI is InChI=1S/C26H28N2O2/c1-4-19(2)30-22-14-10-13-21(17-22)26(3)27-24-16-9-8-15-23(24)25(29)28(26)18-20-11-6-5-7-12-20/h5-17,19,27H,4,18H2,1-3H3. The van der Waals surface area contributed by atoms with Crippen molar-refractivity contribution in [2.24, 2.45) is 0 Å². The summed E-state index contributed by atoms with van der Waals surface area (Å²) in [6.07, 6.45) is 1.07. The number of benzene rings is 3. The Hall–Kier alpha value is -3.27. The molecule has 1 amide bonds. The summed E-state index contributed by atoms with van der Waals surface area (Å²) < 4.78 is 6.06. The molecule has 0 spiro atoms. The Balaban J connectivity index is 1.78. The Morgan fingerprint density at radius 2 is 1.73 bits per heavy atom. The maximum absolute atomic E-state index is 13.6. The fraction of sp³-hybridized carbons (Fsp3) is 0.269. The van der Waals surface area contributed by atoms with Crippen molar-refractivity contribution < 1.29 is 9.53 Å². The van der Waals surface area contributed by atoms with Gasteiger partial charge in [0.15, 0.2) is 0 Å². The predicted molar refractivity (Wildman–Crippen MR) is 121 cm³/mol. The van der Waals surface area contributed by atoms with Crippen LogP contribution < -0.4 is 10.1 Å². The molecule has 0 radical (unpaired) electrons. The maximum atomic E-state index is 13.6. The molecule has 0 fully saturated rings. The van der Waals surface area contributed by atoms with Gasteiger partial charge in [-0.3, -0.25) is 4.79 Å². The molecular formula is C26H28N2O2. The van der Waals surface area contributed by atoms with Crippen LogP contribution in [0.15, 0.2) is 78.9 Å². The van der Waals surface area contributed by atoms with Crippen LogP contribution in [0.4, 0.5) is 5.69 Å². The van der Waals surface area contributed by atoms with Crippen LogP contribution in [0.3, 0.4) is 0 Å². The van der Waals surface area contributed by atoms with Gasteiger partial charge in [0.05, 0.1) is 11.7 Å². The van der Waals surface area contributed by atoms with Crippen LogP contribution in [0.5, 0.6) is 5.75 Å². The van der Waals surface area contributed by atoms with Crippen LogP contribution in [0.1, 0.15) is 48.7 Å². The monoisotopic (exact) mass is 400 g/mol. The molecule has 0 bridgehead atoms. The smallest absolute Gasteiger partial charge is 0.258 e. The Morgan fingerprint density at radius 3 is 2.50 bits per heavy atom. The molecule has 0 aromatic heterocycles. The van der Waals surface area contributed by atoms with Gasteiger partial charge in [-0.1, -0.05) is 61.5 Å². The van der Waals surface area contributed by atoms with Gasteiger partial charge < -0.3 is 15.0 Å². The first-order valence-electron chi connectivity index (χ1n) is 10.5. The average molecular weight is 401 g/mol. The van der Waals surface area contributed by atoms with Crippen LogP contribution in [0.2, 0.25) is 0 Å². The summed E-state index contributed by atoms with van der Waals surface area (Å²) in [6.45, 7) is 6.74. The van der Waals surface area contributed by atoms with E-state index in [0.29, 0.717) is 12.1 Å². The summed E-state index contributed by atoms with van der Waals surface area (Å²) >= 11 is 0. The molecular weight excluding hydrogens is 372 g/mol. The van der Waals surface area contributed by atoms with Gasteiger partial charge in [0.1, 0.15) is 11.4 Å². The van der Waals surface area contributed by atoms with Crippen molar-refractivity contribution >= 4 is 11.6 Å². The lowest BCUT2D eigenvalue weighted by molar-refractivity contribution is 0.0508. The van der Waals surface area contributed by atoms with E-state index in [-0.39, 0.29) is 12.0 Å². The van der Waals surface area contributed by atoms with Crippen LogP contribution >= 0.6 is 0 Å². The lowest BCUT2D eigenvalue weighted by Crippen LogP contribution is -2.55. The highest BCUT2D eigenvalue weighted by Gasteiger charge is 2.42. The van der Waals surface area contributed by atoms with Crippen LogP contribution in [-0.4, -0.2) is 16.9 Å². The topological polar surface area (TPSA) is 41.6 Å². The molecule has 3 aromatic carbocycles. The van der Waals surface area contributed by atoms with Gasteiger partial charge in [-0.2, -0.15) is 0 Å². The number of hydrogen-bond donors (Lipinski definition) is 1. The second-order valence-electron chi connectivity index (χ2n) is 7.98. The van der Waals surface area contributed by atoms with Crippen molar-refractivity contribution in [3.05, 3.63) is 95.6 Å². The summed E-state index contributed by atoms with van der Waals surface area (Å²) in [5.41, 5.74) is 2.91. The Kier molecular flexibility index (Phi) is 5.49. The highest BCUT2D eigenvalue weighted by molar-refractivity contribution is 6.02. The third kappa shape index (κ3) is 3.78. The first kappa shape index (κ1) is 20.0. The Labute approximate surface area is 178 Å². The van der Waals surface area contributed by atoms with Crippen molar-refractivity contribution in [3.63, 3.8) is 0 Å². The lowest BCUT2D eigenvalue weighted by atomic mass is 9.92. The summed E-state index contributed by atoms with van der Waals surface area (Å²) in [6, 6.07) is 25.9. The normalized spacial score (nSPS) is 19.0. The SMILES string of the molecule is CCC(C)Oc1cccc(C2(C)Nc3ccccc3C(=O)N2Cc2ccccc2)c1. The van der Waals surface area contributed by atoms with Gasteiger partial charge in [-0.15, -0.1) is 0 Å². The number of carbonyl (C=O) groups is 1. The minimum atomic E-state index is -0.712. The molecule has 154 valence electrons. The highest BCUT2D eigenvalue weighted by atomic mass is 16.5. The number of para-hydroxylation sites is 1. The first-order valence-corrected chi connectivity index (χ1v) is 10.5. The van der Waals surface area contributed by atoms with Crippen molar-refractivity contribution in [1.82, 2.24) is 4.90 Å². The third-order valence-electron chi connectivity index (χ3n) is 5.81. The number of carbonyl (C=O) groups excluding carboxylic acids is 1. The third-order valence-corrected chi connectivity index (χ3v) is 5.81. The minimum Gasteiger partial charge on any atom is -0.491 e. The van der Waals surface area contributed by atoms with Crippen molar-refractivity contribution in [2.45, 2.75) is 45.5 Å². The van der Waals surface area contributed by atoms with Crippen LogP contribution in [0, 0.1) is 0 Å². The molecule has 4 rings (SSSR count). The molecule has 30 heavy (non-hydrogen) atoms. The molecule has 3 aromatic rings. The molecule has 1 N–H and O–H groups in total. The molecule has 1 aliphatic heterocycles. The summed E-state index contributed by atoms with van der Waals surface area (Å²) in [5, 5.41) is 3.63. The number of fused-ring (bicyclic) bond motifs is 1. The highest BCUT2D eigenvalue weighted by Crippen LogP contribution is 2.39. The second kappa shape index (κ2) is 8.23. The van der Waals surface area contributed by atoms with E-state index in [2.05, 4.69) is 44.3 Å². The van der Waals surface area contributed by atoms with Crippen LogP contribution in [0.25, 0.3) is 0 Å². The summed E-state index contributed by atoms with van der Waals surface area (Å²) in [5.74, 6) is 0.833. The largest absolute Gasteiger partial charge is 0.491 e. The zero-order valence-electron chi connectivity index (χ0n) is 17.8. The Bertz CT molecular complexity index is 1030. The number of hydrogen-bond acceptors (Lipinski definition) is 3. The molecule has 4 nitrogen and oxygen atoms in total. The van der Waals surface area contributed by atoms with Crippen molar-refractivity contribution in [3.8, 4) is 5.75 Å². The first-order chi connectivity index (χ1) is 14.5. The van der Waals surface area contributed by atoms with Gasteiger partial charge in [-0.05, 0) is 50.1 Å². The van der Waals surface area contributed by atoms with E-state index in [4.69, 9.17) is 4.74 Å². The molecule has 2 atom stereocenters. The van der Waals surface area contributed by atoms with E-state index in [9.17, 15) is 4.79 Å². The molecule has 2 unspecified atom stereocenters. The van der Waals surface area contributed by atoms with Gasteiger partial charge in [0, 0.05) is 17.8 Å². The van der Waals surface area contributed by atoms with Crippen molar-refractivity contribution in [2.75, 3.05) is 5.32 Å². The van der Waals surface area contributed by atoms with Crippen LogP contribution in [-0.2, 0) is 12.2 Å². The van der Waals surface area contributed by atoms with Gasteiger partial charge in [0.25, 0.3) is 5.91 Å². The molecule has 0 saturated heterocycles. The number of nitrogens with zero attached hydrogens (tertiary/aromatic N) is 1. The zero-order chi connectivity index (χ0) is 21.1. The van der Waals surface area contributed by atoms with E-state index in [0.717, 1.165) is 29.0 Å². The molecule has 1 heterocycles. The molecule has 4 heteroatoms. The molecule has 0 aliphatic carbocycles. The van der Waals surface area contributed by atoms with E-state index in [1.807, 2.05) is 65.6 Å². The molecule has 1 aliphatic rings. The lowest BCUT2D eigenvalue weighted by Gasteiger charge is -2.47. The van der Waals surface area contributed by atoms with E-state index < -0.39 is 5.66 Å². The molecule has 0 saturated carbocycles. The number of anilines is 1. The number of rotatable bonds is 6. The van der Waals surface area contributed by atoms with Crippen molar-refractivity contribution in [1.29, 1.82) is 0 Å². The Morgan fingerprint density at radius 1 is 1.00 bits per heavy atom. The minimum absolute atomic E-state index is 0.0175. The predicted octanol–water partition coefficient (Wildman–Crippen LogP) is 5.80. The fourth-order valence-corrected chi connectivity index (χ4v) is 3.87. The zero-order valence-corrected chi connectivity index (χ0v) is 17.8. The van der Waals surface area contributed by atoms with E-state index >= 15 is 0 Å². The number of nitrogens with one attached hydrogen (secondary N) is 1. The van der Waals surface area contributed by atoms with E-state index in [1.165, 1.54) is 0 Å². The second-order valence-corrected chi connectivity index (χ2v) is 7.98. The number of ether oxygens (including phenoxy) is 1. The summed E-state index contributed by atoms with van der Waals surface area (Å²) in [4.78, 5) is 15.5. The fourth-order valence-electron chi connectivity index (χ4n) is 3.87. The maximum Gasteiger partial charge on any atom is 0.258 e. The van der Waals surface area contributed by atoms with E-state index in [1.54, 1.807) is 0 Å². The van der Waals surface area contributed by atoms with Gasteiger partial charge >= 0.3 is 0 Å². The van der Waals surface area contributed by atoms with Gasteiger partial charge in [0.2, 0.25) is 0 Å². The average Bonchev–Trinajstić information content (AvgIpc) is 2.77. The number of amides is 1. The quantitative estimate of drug-likeness (QED) is 0.568. The van der Waals surface area contributed by atoms with Gasteiger partial charge in [-0.25, -0.2) is 0 Å².